The van der Waals surface area contributed by atoms with Crippen molar-refractivity contribution in [2.24, 2.45) is 5.92 Å². The van der Waals surface area contributed by atoms with E-state index in [9.17, 15) is 4.79 Å². The van der Waals surface area contributed by atoms with Gasteiger partial charge in [-0.15, -0.1) is 0 Å². The number of aliphatic carboxylic acids is 1. The molecule has 0 radical (unpaired) electrons. The van der Waals surface area contributed by atoms with Gasteiger partial charge in [0.05, 0.1) is 6.61 Å². The minimum absolute atomic E-state index is 0.487. The summed E-state index contributed by atoms with van der Waals surface area (Å²) in [6.07, 6.45) is 3.76. The summed E-state index contributed by atoms with van der Waals surface area (Å²) < 4.78 is 5.81. The van der Waals surface area contributed by atoms with E-state index in [-0.39, 0.29) is 0 Å². The summed E-state index contributed by atoms with van der Waals surface area (Å²) in [5.74, 6) is 0.306. The number of hydrogen-bond acceptors (Lipinski definition) is 2. The van der Waals surface area contributed by atoms with Gasteiger partial charge in [-0.2, -0.15) is 0 Å². The third-order valence-electron chi connectivity index (χ3n) is 2.86. The number of carboxylic acid groups (broad SMARTS) is 1. The largest absolute Gasteiger partial charge is 0.492 e. The van der Waals surface area contributed by atoms with E-state index in [2.05, 4.69) is 13.8 Å². The topological polar surface area (TPSA) is 46.5 Å². The maximum atomic E-state index is 10.6. The maximum absolute atomic E-state index is 10.6. The summed E-state index contributed by atoms with van der Waals surface area (Å²) in [5.41, 5.74) is 1.83. The predicted molar refractivity (Wildman–Crippen MR) is 72.8 cm³/mol. The Bertz CT molecular complexity index is 435. The maximum Gasteiger partial charge on any atom is 0.328 e. The molecule has 1 N–H and O–H groups in total. The first-order valence-electron chi connectivity index (χ1n) is 6.18. The van der Waals surface area contributed by atoms with Gasteiger partial charge in [0.15, 0.2) is 0 Å². The van der Waals surface area contributed by atoms with Crippen molar-refractivity contribution >= 4 is 12.0 Å². The lowest BCUT2D eigenvalue weighted by Gasteiger charge is -2.15. The zero-order valence-electron chi connectivity index (χ0n) is 11.1. The zero-order chi connectivity index (χ0) is 13.5. The molecule has 0 aliphatic carbocycles. The summed E-state index contributed by atoms with van der Waals surface area (Å²) in [4.78, 5) is 10.6. The van der Waals surface area contributed by atoms with E-state index < -0.39 is 5.97 Å². The second-order valence-electron chi connectivity index (χ2n) is 4.49. The molecule has 0 heterocycles. The fourth-order valence-corrected chi connectivity index (χ4v) is 1.51. The molecule has 1 rings (SSSR count). The minimum atomic E-state index is -0.954. The van der Waals surface area contributed by atoms with Gasteiger partial charge in [-0.25, -0.2) is 4.79 Å². The van der Waals surface area contributed by atoms with Crippen LogP contribution in [0, 0.1) is 12.8 Å². The number of carboxylic acids is 1. The summed E-state index contributed by atoms with van der Waals surface area (Å²) in [6, 6.07) is 5.72. The van der Waals surface area contributed by atoms with E-state index in [0.29, 0.717) is 12.5 Å². The van der Waals surface area contributed by atoms with Crippen molar-refractivity contribution in [3.63, 3.8) is 0 Å². The molecule has 0 aromatic heterocycles. The minimum Gasteiger partial charge on any atom is -0.492 e. The second kappa shape index (κ2) is 6.84. The second-order valence-corrected chi connectivity index (χ2v) is 4.49. The van der Waals surface area contributed by atoms with Crippen molar-refractivity contribution in [1.29, 1.82) is 0 Å². The van der Waals surface area contributed by atoms with Crippen LogP contribution in [-0.2, 0) is 4.79 Å². The first-order valence-corrected chi connectivity index (χ1v) is 6.18. The van der Waals surface area contributed by atoms with Crippen molar-refractivity contribution < 1.29 is 14.6 Å². The van der Waals surface area contributed by atoms with Crippen LogP contribution in [0.4, 0.5) is 0 Å². The zero-order valence-corrected chi connectivity index (χ0v) is 11.1. The van der Waals surface area contributed by atoms with E-state index in [1.54, 1.807) is 6.08 Å². The molecular formula is C15H20O3. The number of aryl methyl sites for hydroxylation is 1. The molecular weight excluding hydrogens is 228 g/mol. The van der Waals surface area contributed by atoms with E-state index in [1.807, 2.05) is 25.1 Å². The molecule has 1 aromatic rings. The van der Waals surface area contributed by atoms with Crippen LogP contribution in [0.25, 0.3) is 6.08 Å². The van der Waals surface area contributed by atoms with Gasteiger partial charge in [0.25, 0.3) is 0 Å². The Hall–Kier alpha value is -1.77. The van der Waals surface area contributed by atoms with Crippen molar-refractivity contribution in [1.82, 2.24) is 0 Å². The molecule has 0 bridgehead atoms. The highest BCUT2D eigenvalue weighted by atomic mass is 16.5. The van der Waals surface area contributed by atoms with Gasteiger partial charge in [-0.05, 0) is 24.5 Å². The number of benzene rings is 1. The highest BCUT2D eigenvalue weighted by Crippen LogP contribution is 2.25. The molecule has 0 aliphatic rings. The first-order chi connectivity index (χ1) is 8.54. The fourth-order valence-electron chi connectivity index (χ4n) is 1.51. The Morgan fingerprint density at radius 3 is 2.83 bits per heavy atom. The molecule has 3 heteroatoms. The van der Waals surface area contributed by atoms with Crippen LogP contribution in [0.5, 0.6) is 5.75 Å². The molecule has 1 unspecified atom stereocenters. The summed E-state index contributed by atoms with van der Waals surface area (Å²) in [7, 11) is 0. The summed E-state index contributed by atoms with van der Waals surface area (Å²) in [5, 5.41) is 8.66. The standard InChI is InChI=1S/C15H20O3/c1-4-11(2)10-18-15-12(3)6-5-7-13(15)8-9-14(16)17/h5-9,11H,4,10H2,1-3H3,(H,16,17)/b9-8+. The highest BCUT2D eigenvalue weighted by Gasteiger charge is 2.07. The number of para-hydroxylation sites is 1. The van der Waals surface area contributed by atoms with Crippen LogP contribution in [0.1, 0.15) is 31.4 Å². The molecule has 18 heavy (non-hydrogen) atoms. The van der Waals surface area contributed by atoms with Crippen molar-refractivity contribution in [2.75, 3.05) is 6.61 Å². The Morgan fingerprint density at radius 2 is 2.22 bits per heavy atom. The fraction of sp³-hybridized carbons (Fsp3) is 0.400. The highest BCUT2D eigenvalue weighted by molar-refractivity contribution is 5.86. The monoisotopic (exact) mass is 248 g/mol. The first kappa shape index (κ1) is 14.3. The Balaban J connectivity index is 2.90. The van der Waals surface area contributed by atoms with Gasteiger partial charge >= 0.3 is 5.97 Å². The van der Waals surface area contributed by atoms with Gasteiger partial charge in [0, 0.05) is 11.6 Å². The molecule has 3 nitrogen and oxygen atoms in total. The molecule has 0 saturated heterocycles. The Kier molecular flexibility index (Phi) is 5.43. The molecule has 98 valence electrons. The van der Waals surface area contributed by atoms with Crippen LogP contribution in [0.15, 0.2) is 24.3 Å². The average Bonchev–Trinajstić information content (AvgIpc) is 2.34. The lowest BCUT2D eigenvalue weighted by Crippen LogP contribution is -2.08. The summed E-state index contributed by atoms with van der Waals surface area (Å²) >= 11 is 0. The number of rotatable bonds is 6. The lowest BCUT2D eigenvalue weighted by molar-refractivity contribution is -0.131. The third kappa shape index (κ3) is 4.24. The van der Waals surface area contributed by atoms with Crippen LogP contribution in [-0.4, -0.2) is 17.7 Å². The van der Waals surface area contributed by atoms with Crippen LogP contribution < -0.4 is 4.74 Å². The van der Waals surface area contributed by atoms with E-state index in [4.69, 9.17) is 9.84 Å². The summed E-state index contributed by atoms with van der Waals surface area (Å²) in [6.45, 7) is 6.86. The van der Waals surface area contributed by atoms with Crippen LogP contribution >= 0.6 is 0 Å². The molecule has 1 atom stereocenters. The van der Waals surface area contributed by atoms with Crippen LogP contribution in [0.2, 0.25) is 0 Å². The van der Waals surface area contributed by atoms with E-state index in [0.717, 1.165) is 29.4 Å². The van der Waals surface area contributed by atoms with Crippen molar-refractivity contribution in [3.8, 4) is 5.75 Å². The number of ether oxygens (including phenoxy) is 1. The van der Waals surface area contributed by atoms with Gasteiger partial charge in [0.1, 0.15) is 5.75 Å². The molecule has 0 fully saturated rings. The molecule has 0 spiro atoms. The van der Waals surface area contributed by atoms with Crippen molar-refractivity contribution in [2.45, 2.75) is 27.2 Å². The third-order valence-corrected chi connectivity index (χ3v) is 2.86. The van der Waals surface area contributed by atoms with E-state index in [1.165, 1.54) is 0 Å². The molecule has 1 aromatic carbocycles. The smallest absolute Gasteiger partial charge is 0.328 e. The Labute approximate surface area is 108 Å². The van der Waals surface area contributed by atoms with Crippen molar-refractivity contribution in [3.05, 3.63) is 35.4 Å². The molecule has 0 saturated carbocycles. The van der Waals surface area contributed by atoms with Crippen LogP contribution in [0.3, 0.4) is 0 Å². The number of carbonyl (C=O) groups is 1. The average molecular weight is 248 g/mol. The lowest BCUT2D eigenvalue weighted by atomic mass is 10.1. The number of hydrogen-bond donors (Lipinski definition) is 1. The van der Waals surface area contributed by atoms with Gasteiger partial charge in [0.2, 0.25) is 0 Å². The SMILES string of the molecule is CCC(C)COc1c(C)cccc1/C=C/C(=O)O. The van der Waals surface area contributed by atoms with Gasteiger partial charge < -0.3 is 9.84 Å². The van der Waals surface area contributed by atoms with Gasteiger partial charge in [-0.3, -0.25) is 0 Å². The quantitative estimate of drug-likeness (QED) is 0.783. The predicted octanol–water partition coefficient (Wildman–Crippen LogP) is 3.52. The van der Waals surface area contributed by atoms with E-state index >= 15 is 0 Å². The normalized spacial score (nSPS) is 12.6. The molecule has 0 amide bonds. The van der Waals surface area contributed by atoms with Gasteiger partial charge in [-0.1, -0.05) is 38.5 Å². The Morgan fingerprint density at radius 1 is 1.50 bits per heavy atom. The molecule has 0 aliphatic heterocycles.